The summed E-state index contributed by atoms with van der Waals surface area (Å²) in [6.45, 7) is 2.06. The van der Waals surface area contributed by atoms with Gasteiger partial charge in [0.2, 0.25) is 0 Å². The van der Waals surface area contributed by atoms with Crippen LogP contribution in [0.4, 0.5) is 0 Å². The number of carbonyl (C=O) groups excluding carboxylic acids is 1. The molecule has 1 heterocycles. The Hall–Kier alpha value is -0.430. The fourth-order valence-electron chi connectivity index (χ4n) is 5.85. The summed E-state index contributed by atoms with van der Waals surface area (Å²) in [5, 5.41) is 20.5. The van der Waals surface area contributed by atoms with E-state index in [9.17, 15) is 15.0 Å². The van der Waals surface area contributed by atoms with Crippen molar-refractivity contribution in [2.45, 2.75) is 100 Å². The second-order valence-electron chi connectivity index (χ2n) is 9.50. The molecule has 2 N–H and O–H groups in total. The Kier molecular flexibility index (Phi) is 9.23. The van der Waals surface area contributed by atoms with E-state index in [-0.39, 0.29) is 34.8 Å². The van der Waals surface area contributed by atoms with Crippen molar-refractivity contribution in [2.24, 2.45) is 23.7 Å². The van der Waals surface area contributed by atoms with Crippen molar-refractivity contribution in [3.05, 3.63) is 12.2 Å². The Morgan fingerprint density at radius 3 is 2.63 bits per heavy atom. The fourth-order valence-corrected chi connectivity index (χ4v) is 6.46. The lowest BCUT2D eigenvalue weighted by atomic mass is 9.85. The van der Waals surface area contributed by atoms with Gasteiger partial charge < -0.3 is 19.7 Å². The number of halogens is 1. The first-order valence-electron chi connectivity index (χ1n) is 11.9. The average Bonchev–Trinajstić information content (AvgIpc) is 3.44. The summed E-state index contributed by atoms with van der Waals surface area (Å²) < 4.78 is 11.4. The van der Waals surface area contributed by atoms with Crippen LogP contribution in [0.2, 0.25) is 0 Å². The smallest absolute Gasteiger partial charge is 0.308 e. The summed E-state index contributed by atoms with van der Waals surface area (Å²) in [6.07, 6.45) is 12.9. The van der Waals surface area contributed by atoms with Gasteiger partial charge in [0.15, 0.2) is 0 Å². The van der Waals surface area contributed by atoms with Crippen LogP contribution in [0.15, 0.2) is 12.2 Å². The number of rotatable bonds is 10. The summed E-state index contributed by atoms with van der Waals surface area (Å²) >= 11 is 3.84. The van der Waals surface area contributed by atoms with Crippen LogP contribution >= 0.6 is 15.9 Å². The Labute approximate surface area is 189 Å². The third kappa shape index (κ3) is 5.87. The zero-order valence-electron chi connectivity index (χ0n) is 18.4. The number of fused-ring (bicyclic) bond motifs is 1. The van der Waals surface area contributed by atoms with Crippen LogP contribution in [0.1, 0.15) is 71.1 Å². The molecule has 172 valence electrons. The minimum atomic E-state index is -0.436. The first-order chi connectivity index (χ1) is 14.4. The number of esters is 1. The molecule has 6 heteroatoms. The molecule has 8 atom stereocenters. The van der Waals surface area contributed by atoms with Gasteiger partial charge in [0.25, 0.3) is 0 Å². The number of hydrogen-bond donors (Lipinski definition) is 2. The summed E-state index contributed by atoms with van der Waals surface area (Å²) in [6, 6.07) is 0. The Bertz CT molecular complexity index is 576. The lowest BCUT2D eigenvalue weighted by molar-refractivity contribution is -0.147. The van der Waals surface area contributed by atoms with E-state index in [1.807, 2.05) is 12.2 Å². The molecule has 30 heavy (non-hydrogen) atoms. The van der Waals surface area contributed by atoms with Crippen LogP contribution in [0.25, 0.3) is 0 Å². The predicted octanol–water partition coefficient (Wildman–Crippen LogP) is 4.38. The number of alkyl halides is 1. The van der Waals surface area contributed by atoms with Crippen molar-refractivity contribution < 1.29 is 24.5 Å². The molecule has 0 aromatic carbocycles. The summed E-state index contributed by atoms with van der Waals surface area (Å²) in [5.41, 5.74) is 0. The molecule has 3 rings (SSSR count). The predicted molar refractivity (Wildman–Crippen MR) is 120 cm³/mol. The SMILES string of the molecule is CCC[C@H](O)/C=C/[C@@H]1[C@H]2C[C@@H]([C@H](Br)CCC(C(=O)OC)C3CCCC3)O[C@@H]2C[C@H]1O. The maximum absolute atomic E-state index is 12.3. The molecule has 0 spiro atoms. The minimum Gasteiger partial charge on any atom is -0.469 e. The number of ether oxygens (including phenoxy) is 2. The van der Waals surface area contributed by atoms with Crippen molar-refractivity contribution in [3.63, 3.8) is 0 Å². The van der Waals surface area contributed by atoms with E-state index in [0.29, 0.717) is 18.3 Å². The van der Waals surface area contributed by atoms with Gasteiger partial charge in [0, 0.05) is 17.2 Å². The fraction of sp³-hybridized carbons (Fsp3) is 0.875. The highest BCUT2D eigenvalue weighted by Gasteiger charge is 2.49. The normalized spacial score (nSPS) is 34.9. The molecule has 0 radical (unpaired) electrons. The lowest BCUT2D eigenvalue weighted by Gasteiger charge is -2.25. The number of methoxy groups -OCH3 is 1. The van der Waals surface area contributed by atoms with Gasteiger partial charge >= 0.3 is 5.97 Å². The highest BCUT2D eigenvalue weighted by atomic mass is 79.9. The molecular formula is C24H39BrO5. The highest BCUT2D eigenvalue weighted by molar-refractivity contribution is 9.09. The molecule has 0 aromatic rings. The van der Waals surface area contributed by atoms with Crippen molar-refractivity contribution in [3.8, 4) is 0 Å². The average molecular weight is 487 g/mol. The number of aliphatic hydroxyl groups excluding tert-OH is 2. The van der Waals surface area contributed by atoms with Gasteiger partial charge in [0.05, 0.1) is 37.4 Å². The maximum atomic E-state index is 12.3. The van der Waals surface area contributed by atoms with Gasteiger partial charge in [-0.15, -0.1) is 0 Å². The van der Waals surface area contributed by atoms with Gasteiger partial charge in [-0.1, -0.05) is 54.3 Å². The molecule has 0 aromatic heterocycles. The summed E-state index contributed by atoms with van der Waals surface area (Å²) in [7, 11) is 1.49. The molecule has 1 aliphatic heterocycles. The minimum absolute atomic E-state index is 0.00369. The summed E-state index contributed by atoms with van der Waals surface area (Å²) in [5.74, 6) is 0.731. The molecule has 1 unspecified atom stereocenters. The monoisotopic (exact) mass is 486 g/mol. The van der Waals surface area contributed by atoms with E-state index in [0.717, 1.165) is 44.9 Å². The van der Waals surface area contributed by atoms with Crippen LogP contribution in [-0.4, -0.2) is 52.5 Å². The van der Waals surface area contributed by atoms with Gasteiger partial charge in [-0.3, -0.25) is 4.79 Å². The Morgan fingerprint density at radius 1 is 1.23 bits per heavy atom. The van der Waals surface area contributed by atoms with Gasteiger partial charge in [-0.25, -0.2) is 0 Å². The van der Waals surface area contributed by atoms with Crippen molar-refractivity contribution in [1.29, 1.82) is 0 Å². The molecule has 3 aliphatic rings. The number of hydrogen-bond acceptors (Lipinski definition) is 5. The Morgan fingerprint density at radius 2 is 1.97 bits per heavy atom. The molecule has 3 fully saturated rings. The van der Waals surface area contributed by atoms with E-state index in [4.69, 9.17) is 9.47 Å². The van der Waals surface area contributed by atoms with Crippen LogP contribution in [0.3, 0.4) is 0 Å². The second-order valence-corrected chi connectivity index (χ2v) is 10.7. The largest absolute Gasteiger partial charge is 0.469 e. The van der Waals surface area contributed by atoms with Gasteiger partial charge in [-0.2, -0.15) is 0 Å². The number of carbonyl (C=O) groups is 1. The van der Waals surface area contributed by atoms with Gasteiger partial charge in [-0.05, 0) is 50.4 Å². The lowest BCUT2D eigenvalue weighted by Crippen LogP contribution is -2.28. The van der Waals surface area contributed by atoms with Gasteiger partial charge in [0.1, 0.15) is 0 Å². The summed E-state index contributed by atoms with van der Waals surface area (Å²) in [4.78, 5) is 12.5. The molecule has 0 bridgehead atoms. The van der Waals surface area contributed by atoms with E-state index >= 15 is 0 Å². The topological polar surface area (TPSA) is 76.0 Å². The molecule has 2 saturated carbocycles. The quantitative estimate of drug-likeness (QED) is 0.272. The Balaban J connectivity index is 1.53. The molecular weight excluding hydrogens is 448 g/mol. The van der Waals surface area contributed by atoms with Crippen molar-refractivity contribution >= 4 is 21.9 Å². The molecule has 5 nitrogen and oxygen atoms in total. The highest BCUT2D eigenvalue weighted by Crippen LogP contribution is 2.46. The first-order valence-corrected chi connectivity index (χ1v) is 12.8. The van der Waals surface area contributed by atoms with Crippen LogP contribution < -0.4 is 0 Å². The van der Waals surface area contributed by atoms with Crippen molar-refractivity contribution in [1.82, 2.24) is 0 Å². The third-order valence-electron chi connectivity index (χ3n) is 7.51. The van der Waals surface area contributed by atoms with E-state index in [2.05, 4.69) is 22.9 Å². The van der Waals surface area contributed by atoms with Crippen LogP contribution in [0.5, 0.6) is 0 Å². The van der Waals surface area contributed by atoms with Crippen LogP contribution in [-0.2, 0) is 14.3 Å². The zero-order valence-corrected chi connectivity index (χ0v) is 20.0. The van der Waals surface area contributed by atoms with Crippen LogP contribution in [0, 0.1) is 23.7 Å². The molecule has 0 amide bonds. The van der Waals surface area contributed by atoms with E-state index < -0.39 is 12.2 Å². The standard InChI is InChI=1S/C24H39BrO5/c1-3-6-16(26)9-10-18-19-13-23(30-22(19)14-21(18)27)20(25)12-11-17(24(28)29-2)15-7-4-5-8-15/h9-10,15-23,26-27H,3-8,11-14H2,1-2H3/b10-9+/t16-,17?,18+,19+,20+,21+,22+,23-/m0/s1. The third-order valence-corrected chi connectivity index (χ3v) is 8.56. The molecule has 2 aliphatic carbocycles. The van der Waals surface area contributed by atoms with E-state index in [1.165, 1.54) is 20.0 Å². The van der Waals surface area contributed by atoms with Crippen molar-refractivity contribution in [2.75, 3.05) is 7.11 Å². The first kappa shape index (κ1) is 24.2. The zero-order chi connectivity index (χ0) is 21.7. The van der Waals surface area contributed by atoms with E-state index in [1.54, 1.807) is 0 Å². The second kappa shape index (κ2) is 11.4. The maximum Gasteiger partial charge on any atom is 0.308 e. The molecule has 1 saturated heterocycles. The number of aliphatic hydroxyl groups is 2.